The molecule has 1 nitrogen and oxygen atoms in total. The van der Waals surface area contributed by atoms with Crippen LogP contribution in [0.2, 0.25) is 5.02 Å². The average molecular weight is 282 g/mol. The summed E-state index contributed by atoms with van der Waals surface area (Å²) in [6.07, 6.45) is 0. The van der Waals surface area contributed by atoms with Gasteiger partial charge < -0.3 is 5.32 Å². The van der Waals surface area contributed by atoms with Crippen LogP contribution in [0.25, 0.3) is 0 Å². The van der Waals surface area contributed by atoms with Gasteiger partial charge in [-0.2, -0.15) is 0 Å². The summed E-state index contributed by atoms with van der Waals surface area (Å²) in [4.78, 5) is 1.08. The van der Waals surface area contributed by atoms with Crippen LogP contribution >= 0.6 is 23.4 Å². The number of benzene rings is 2. The van der Waals surface area contributed by atoms with Crippen LogP contribution in [0.1, 0.15) is 0 Å². The number of anilines is 1. The summed E-state index contributed by atoms with van der Waals surface area (Å²) in [6.45, 7) is 0.807. The van der Waals surface area contributed by atoms with Gasteiger partial charge in [0.15, 0.2) is 0 Å². The molecule has 0 aliphatic carbocycles. The highest BCUT2D eigenvalue weighted by Crippen LogP contribution is 2.26. The second-order valence-electron chi connectivity index (χ2n) is 3.71. The van der Waals surface area contributed by atoms with Gasteiger partial charge in [0.05, 0.1) is 5.02 Å². The summed E-state index contributed by atoms with van der Waals surface area (Å²) >= 11 is 7.76. The smallest absolute Gasteiger partial charge is 0.123 e. The van der Waals surface area contributed by atoms with Crippen molar-refractivity contribution in [2.75, 3.05) is 17.6 Å². The number of halogens is 2. The third-order valence-electron chi connectivity index (χ3n) is 2.37. The summed E-state index contributed by atoms with van der Waals surface area (Å²) < 4.78 is 12.7. The van der Waals surface area contributed by atoms with E-state index in [1.54, 1.807) is 23.9 Å². The Morgan fingerprint density at radius 2 is 1.78 bits per heavy atom. The van der Waals surface area contributed by atoms with Crippen molar-refractivity contribution in [3.63, 3.8) is 0 Å². The molecule has 0 heterocycles. The van der Waals surface area contributed by atoms with Crippen molar-refractivity contribution in [3.05, 3.63) is 59.4 Å². The van der Waals surface area contributed by atoms with Gasteiger partial charge in [-0.1, -0.05) is 23.7 Å². The summed E-state index contributed by atoms with van der Waals surface area (Å²) in [5.41, 5.74) is 0.927. The van der Waals surface area contributed by atoms with E-state index in [0.717, 1.165) is 27.9 Å². The summed E-state index contributed by atoms with van der Waals surface area (Å²) in [5, 5.41) is 4.01. The lowest BCUT2D eigenvalue weighted by Crippen LogP contribution is -2.03. The summed E-state index contributed by atoms with van der Waals surface area (Å²) in [7, 11) is 0. The number of thioether (sulfide) groups is 1. The van der Waals surface area contributed by atoms with Crippen molar-refractivity contribution in [1.29, 1.82) is 0 Å². The lowest BCUT2D eigenvalue weighted by Gasteiger charge is -2.07. The van der Waals surface area contributed by atoms with Crippen LogP contribution in [0.3, 0.4) is 0 Å². The Bertz CT molecular complexity index is 501. The van der Waals surface area contributed by atoms with Crippen molar-refractivity contribution in [1.82, 2.24) is 0 Å². The molecule has 0 bridgehead atoms. The van der Waals surface area contributed by atoms with Gasteiger partial charge in [-0.25, -0.2) is 4.39 Å². The second kappa shape index (κ2) is 6.66. The molecule has 0 spiro atoms. The van der Waals surface area contributed by atoms with E-state index in [0.29, 0.717) is 0 Å². The summed E-state index contributed by atoms with van der Waals surface area (Å²) in [5.74, 6) is 0.687. The number of hydrogen-bond donors (Lipinski definition) is 1. The van der Waals surface area contributed by atoms with E-state index in [2.05, 4.69) is 5.32 Å². The van der Waals surface area contributed by atoms with Crippen molar-refractivity contribution in [2.24, 2.45) is 0 Å². The zero-order valence-corrected chi connectivity index (χ0v) is 11.3. The largest absolute Gasteiger partial charge is 0.384 e. The minimum atomic E-state index is -0.217. The third kappa shape index (κ3) is 3.93. The lowest BCUT2D eigenvalue weighted by atomic mass is 10.3. The molecule has 0 saturated carbocycles. The summed E-state index contributed by atoms with van der Waals surface area (Å²) in [6, 6.07) is 14.1. The zero-order chi connectivity index (χ0) is 12.8. The first-order valence-corrected chi connectivity index (χ1v) is 6.99. The Morgan fingerprint density at radius 1 is 1.06 bits per heavy atom. The fourth-order valence-corrected chi connectivity index (χ4v) is 2.59. The molecule has 2 rings (SSSR count). The van der Waals surface area contributed by atoms with Crippen LogP contribution < -0.4 is 5.32 Å². The molecule has 0 amide bonds. The number of hydrogen-bond acceptors (Lipinski definition) is 2. The quantitative estimate of drug-likeness (QED) is 0.631. The van der Waals surface area contributed by atoms with Crippen molar-refractivity contribution in [2.45, 2.75) is 4.90 Å². The maximum Gasteiger partial charge on any atom is 0.123 e. The van der Waals surface area contributed by atoms with Gasteiger partial charge in [0, 0.05) is 22.9 Å². The Morgan fingerprint density at radius 3 is 2.50 bits per heavy atom. The highest BCUT2D eigenvalue weighted by atomic mass is 35.5. The molecule has 18 heavy (non-hydrogen) atoms. The van der Waals surface area contributed by atoms with Crippen LogP contribution in [0.4, 0.5) is 10.1 Å². The Kier molecular flexibility index (Phi) is 4.90. The molecule has 0 fully saturated rings. The van der Waals surface area contributed by atoms with Gasteiger partial charge >= 0.3 is 0 Å². The molecule has 0 aliphatic heterocycles. The van der Waals surface area contributed by atoms with E-state index in [-0.39, 0.29) is 5.82 Å². The predicted octanol–water partition coefficient (Wildman–Crippen LogP) is 4.68. The maximum atomic E-state index is 12.7. The zero-order valence-electron chi connectivity index (χ0n) is 9.70. The molecule has 0 saturated heterocycles. The maximum absolute atomic E-state index is 12.7. The monoisotopic (exact) mass is 281 g/mol. The molecule has 0 aromatic heterocycles. The Balaban J connectivity index is 1.76. The first kappa shape index (κ1) is 13.2. The van der Waals surface area contributed by atoms with Gasteiger partial charge in [-0.15, -0.1) is 11.8 Å². The molecular formula is C14H13ClFNS. The molecule has 1 N–H and O–H groups in total. The van der Waals surface area contributed by atoms with Gasteiger partial charge in [-0.3, -0.25) is 0 Å². The fourth-order valence-electron chi connectivity index (χ4n) is 1.49. The van der Waals surface area contributed by atoms with E-state index in [1.165, 1.54) is 12.1 Å². The lowest BCUT2D eigenvalue weighted by molar-refractivity contribution is 0.628. The minimum Gasteiger partial charge on any atom is -0.384 e. The molecule has 4 heteroatoms. The van der Waals surface area contributed by atoms with Crippen LogP contribution in [-0.4, -0.2) is 12.3 Å². The number of rotatable bonds is 5. The van der Waals surface area contributed by atoms with E-state index in [1.807, 2.05) is 24.3 Å². The van der Waals surface area contributed by atoms with Crippen LogP contribution in [-0.2, 0) is 0 Å². The van der Waals surface area contributed by atoms with Crippen LogP contribution in [0.15, 0.2) is 53.4 Å². The van der Waals surface area contributed by atoms with E-state index < -0.39 is 0 Å². The normalized spacial score (nSPS) is 10.3. The van der Waals surface area contributed by atoms with Crippen molar-refractivity contribution >= 4 is 29.1 Å². The van der Waals surface area contributed by atoms with Gasteiger partial charge in [0.1, 0.15) is 5.82 Å². The van der Waals surface area contributed by atoms with Gasteiger partial charge in [-0.05, 0) is 36.4 Å². The molecule has 2 aromatic rings. The standard InChI is InChI=1S/C14H13ClFNS/c15-13-3-1-2-4-14(13)18-10-9-17-12-7-5-11(16)6-8-12/h1-8,17H,9-10H2. The van der Waals surface area contributed by atoms with Gasteiger partial charge in [0.2, 0.25) is 0 Å². The molecule has 0 atom stereocenters. The first-order valence-electron chi connectivity index (χ1n) is 5.62. The Labute approximate surface area is 115 Å². The minimum absolute atomic E-state index is 0.217. The van der Waals surface area contributed by atoms with E-state index >= 15 is 0 Å². The Hall–Kier alpha value is -1.19. The molecular weight excluding hydrogens is 269 g/mol. The molecule has 0 aliphatic rings. The van der Waals surface area contributed by atoms with Gasteiger partial charge in [0.25, 0.3) is 0 Å². The fraction of sp³-hybridized carbons (Fsp3) is 0.143. The van der Waals surface area contributed by atoms with Crippen molar-refractivity contribution < 1.29 is 4.39 Å². The molecule has 2 aromatic carbocycles. The SMILES string of the molecule is Fc1ccc(NCCSc2ccccc2Cl)cc1. The topological polar surface area (TPSA) is 12.0 Å². The van der Waals surface area contributed by atoms with E-state index in [9.17, 15) is 4.39 Å². The first-order chi connectivity index (χ1) is 8.75. The molecule has 0 unspecified atom stereocenters. The molecule has 94 valence electrons. The van der Waals surface area contributed by atoms with Crippen molar-refractivity contribution in [3.8, 4) is 0 Å². The van der Waals surface area contributed by atoms with Crippen LogP contribution in [0.5, 0.6) is 0 Å². The average Bonchev–Trinajstić information content (AvgIpc) is 2.39. The third-order valence-corrected chi connectivity index (χ3v) is 3.89. The highest BCUT2D eigenvalue weighted by molar-refractivity contribution is 7.99. The highest BCUT2D eigenvalue weighted by Gasteiger charge is 1.99. The van der Waals surface area contributed by atoms with Crippen LogP contribution in [0, 0.1) is 5.82 Å². The predicted molar refractivity (Wildman–Crippen MR) is 77.1 cm³/mol. The number of nitrogens with one attached hydrogen (secondary N) is 1. The van der Waals surface area contributed by atoms with E-state index in [4.69, 9.17) is 11.6 Å². The second-order valence-corrected chi connectivity index (χ2v) is 5.26. The molecule has 0 radical (unpaired) electrons.